The Kier molecular flexibility index (Phi) is 4.67. The van der Waals surface area contributed by atoms with Crippen molar-refractivity contribution in [3.8, 4) is 0 Å². The number of aryl methyl sites for hydroxylation is 2. The lowest BCUT2D eigenvalue weighted by Crippen LogP contribution is -2.23. The van der Waals surface area contributed by atoms with Gasteiger partial charge in [0.2, 0.25) is 0 Å². The van der Waals surface area contributed by atoms with E-state index in [0.717, 1.165) is 29.3 Å². The molecule has 0 bridgehead atoms. The molecule has 0 spiro atoms. The highest BCUT2D eigenvalue weighted by Crippen LogP contribution is 2.26. The molecule has 2 nitrogen and oxygen atoms in total. The van der Waals surface area contributed by atoms with Crippen LogP contribution in [0.25, 0.3) is 0 Å². The molecule has 1 heterocycles. The number of hydrogen-bond donors (Lipinski definition) is 1. The Hall–Kier alpha value is -1.25. The van der Waals surface area contributed by atoms with Gasteiger partial charge >= 0.3 is 0 Å². The molecule has 3 heteroatoms. The van der Waals surface area contributed by atoms with Crippen molar-refractivity contribution < 1.29 is 4.42 Å². The van der Waals surface area contributed by atoms with Crippen LogP contribution >= 0.6 is 11.6 Å². The van der Waals surface area contributed by atoms with Gasteiger partial charge in [0.15, 0.2) is 0 Å². The van der Waals surface area contributed by atoms with Gasteiger partial charge < -0.3 is 9.73 Å². The fourth-order valence-electron chi connectivity index (χ4n) is 2.28. The first-order valence-corrected chi connectivity index (χ1v) is 7.02. The number of hydrogen-bond acceptors (Lipinski definition) is 2. The van der Waals surface area contributed by atoms with Crippen LogP contribution in [0.1, 0.15) is 35.4 Å². The summed E-state index contributed by atoms with van der Waals surface area (Å²) in [5, 5.41) is 4.29. The van der Waals surface area contributed by atoms with Gasteiger partial charge in [-0.3, -0.25) is 0 Å². The SMILES string of the molecule is CCNC(Cc1ccc(C)cc1Cl)c1occc1C. The molecule has 0 fully saturated rings. The Morgan fingerprint density at radius 1 is 1.26 bits per heavy atom. The highest BCUT2D eigenvalue weighted by atomic mass is 35.5. The predicted octanol–water partition coefficient (Wildman–Crippen LogP) is 4.44. The zero-order chi connectivity index (χ0) is 13.8. The average molecular weight is 278 g/mol. The number of halogens is 1. The molecular formula is C16H20ClNO. The lowest BCUT2D eigenvalue weighted by molar-refractivity contribution is 0.413. The van der Waals surface area contributed by atoms with E-state index in [2.05, 4.69) is 31.3 Å². The van der Waals surface area contributed by atoms with Gasteiger partial charge in [0.25, 0.3) is 0 Å². The summed E-state index contributed by atoms with van der Waals surface area (Å²) < 4.78 is 5.61. The van der Waals surface area contributed by atoms with Crippen molar-refractivity contribution in [2.24, 2.45) is 0 Å². The Balaban J connectivity index is 2.24. The smallest absolute Gasteiger partial charge is 0.123 e. The number of furan rings is 1. The summed E-state index contributed by atoms with van der Waals surface area (Å²) in [6.07, 6.45) is 2.58. The van der Waals surface area contributed by atoms with Gasteiger partial charge in [0.05, 0.1) is 12.3 Å². The zero-order valence-corrected chi connectivity index (χ0v) is 12.4. The quantitative estimate of drug-likeness (QED) is 0.874. The monoisotopic (exact) mass is 277 g/mol. The molecule has 0 saturated carbocycles. The number of nitrogens with one attached hydrogen (secondary N) is 1. The molecule has 1 aromatic carbocycles. The Morgan fingerprint density at radius 2 is 2.05 bits per heavy atom. The molecule has 0 saturated heterocycles. The fraction of sp³-hybridized carbons (Fsp3) is 0.375. The normalized spacial score (nSPS) is 12.6. The zero-order valence-electron chi connectivity index (χ0n) is 11.7. The van der Waals surface area contributed by atoms with E-state index in [1.807, 2.05) is 19.1 Å². The summed E-state index contributed by atoms with van der Waals surface area (Å²) in [5.74, 6) is 0.999. The van der Waals surface area contributed by atoms with Gasteiger partial charge in [-0.2, -0.15) is 0 Å². The van der Waals surface area contributed by atoms with Gasteiger partial charge in [0, 0.05) is 5.02 Å². The maximum atomic E-state index is 6.32. The Bertz CT molecular complexity index is 547. The van der Waals surface area contributed by atoms with Crippen molar-refractivity contribution in [1.82, 2.24) is 5.32 Å². The summed E-state index contributed by atoms with van der Waals surface area (Å²) in [5.41, 5.74) is 3.51. The van der Waals surface area contributed by atoms with Gasteiger partial charge in [0.1, 0.15) is 5.76 Å². The van der Waals surface area contributed by atoms with Crippen molar-refractivity contribution >= 4 is 11.6 Å². The highest BCUT2D eigenvalue weighted by Gasteiger charge is 2.17. The summed E-state index contributed by atoms with van der Waals surface area (Å²) in [6, 6.07) is 8.37. The van der Waals surface area contributed by atoms with E-state index in [0.29, 0.717) is 0 Å². The van der Waals surface area contributed by atoms with Crippen LogP contribution in [-0.2, 0) is 6.42 Å². The van der Waals surface area contributed by atoms with Crippen molar-refractivity contribution in [1.29, 1.82) is 0 Å². The van der Waals surface area contributed by atoms with E-state index < -0.39 is 0 Å². The van der Waals surface area contributed by atoms with Crippen LogP contribution in [0.5, 0.6) is 0 Å². The molecule has 0 aliphatic carbocycles. The number of likely N-dealkylation sites (N-methyl/N-ethyl adjacent to an activating group) is 1. The minimum absolute atomic E-state index is 0.167. The number of benzene rings is 1. The van der Waals surface area contributed by atoms with Crippen LogP contribution in [0, 0.1) is 13.8 Å². The summed E-state index contributed by atoms with van der Waals surface area (Å²) in [4.78, 5) is 0. The van der Waals surface area contributed by atoms with Crippen LogP contribution in [0.4, 0.5) is 0 Å². The molecule has 19 heavy (non-hydrogen) atoms. The van der Waals surface area contributed by atoms with Crippen LogP contribution in [0.2, 0.25) is 5.02 Å². The summed E-state index contributed by atoms with van der Waals surface area (Å²) in [7, 11) is 0. The van der Waals surface area contributed by atoms with Crippen molar-refractivity contribution in [3.05, 3.63) is 58.0 Å². The maximum absolute atomic E-state index is 6.32. The fourth-order valence-corrected chi connectivity index (χ4v) is 2.60. The van der Waals surface area contributed by atoms with Gasteiger partial charge in [-0.05, 0) is 55.6 Å². The minimum atomic E-state index is 0.167. The molecule has 1 aromatic heterocycles. The topological polar surface area (TPSA) is 25.2 Å². The Morgan fingerprint density at radius 3 is 2.63 bits per heavy atom. The lowest BCUT2D eigenvalue weighted by Gasteiger charge is -2.17. The van der Waals surface area contributed by atoms with Crippen LogP contribution < -0.4 is 5.32 Å². The minimum Gasteiger partial charge on any atom is -0.467 e. The standard InChI is InChI=1S/C16H20ClNO/c1-4-18-15(16-12(3)7-8-19-16)10-13-6-5-11(2)9-14(13)17/h5-9,15,18H,4,10H2,1-3H3. The molecule has 0 radical (unpaired) electrons. The van der Waals surface area contributed by atoms with E-state index in [9.17, 15) is 0 Å². The third-order valence-corrected chi connectivity index (χ3v) is 3.65. The second-order valence-corrected chi connectivity index (χ2v) is 5.28. The van der Waals surface area contributed by atoms with Crippen LogP contribution in [0.15, 0.2) is 34.9 Å². The third kappa shape index (κ3) is 3.40. The summed E-state index contributed by atoms with van der Waals surface area (Å²) >= 11 is 6.32. The van der Waals surface area contributed by atoms with E-state index >= 15 is 0 Å². The molecule has 1 N–H and O–H groups in total. The Labute approximate surface area is 119 Å². The first-order valence-electron chi connectivity index (χ1n) is 6.64. The van der Waals surface area contributed by atoms with Crippen LogP contribution in [0.3, 0.4) is 0 Å². The first kappa shape index (κ1) is 14.2. The molecule has 0 aliphatic heterocycles. The second-order valence-electron chi connectivity index (χ2n) is 4.88. The maximum Gasteiger partial charge on any atom is 0.123 e. The third-order valence-electron chi connectivity index (χ3n) is 3.30. The first-order chi connectivity index (χ1) is 9.11. The molecule has 1 atom stereocenters. The van der Waals surface area contributed by atoms with Crippen molar-refractivity contribution in [3.63, 3.8) is 0 Å². The lowest BCUT2D eigenvalue weighted by atomic mass is 10.0. The molecule has 102 valence electrons. The van der Waals surface area contributed by atoms with Gasteiger partial charge in [-0.25, -0.2) is 0 Å². The second kappa shape index (κ2) is 6.27. The predicted molar refractivity (Wildman–Crippen MR) is 79.8 cm³/mol. The van der Waals surface area contributed by atoms with Crippen LogP contribution in [-0.4, -0.2) is 6.54 Å². The van der Waals surface area contributed by atoms with E-state index in [-0.39, 0.29) is 6.04 Å². The van der Waals surface area contributed by atoms with Gasteiger partial charge in [-0.15, -0.1) is 0 Å². The van der Waals surface area contributed by atoms with Gasteiger partial charge in [-0.1, -0.05) is 30.7 Å². The molecule has 2 rings (SSSR count). The van der Waals surface area contributed by atoms with Crippen molar-refractivity contribution in [2.45, 2.75) is 33.2 Å². The van der Waals surface area contributed by atoms with E-state index in [1.165, 1.54) is 11.1 Å². The highest BCUT2D eigenvalue weighted by molar-refractivity contribution is 6.31. The molecular weight excluding hydrogens is 258 g/mol. The van der Waals surface area contributed by atoms with Crippen molar-refractivity contribution in [2.75, 3.05) is 6.54 Å². The molecule has 1 unspecified atom stereocenters. The largest absolute Gasteiger partial charge is 0.467 e. The summed E-state index contributed by atoms with van der Waals surface area (Å²) in [6.45, 7) is 7.12. The number of rotatable bonds is 5. The van der Waals surface area contributed by atoms with E-state index in [4.69, 9.17) is 16.0 Å². The van der Waals surface area contributed by atoms with E-state index in [1.54, 1.807) is 6.26 Å². The molecule has 2 aromatic rings. The molecule has 0 amide bonds. The molecule has 0 aliphatic rings. The average Bonchev–Trinajstić information content (AvgIpc) is 2.78.